The number of amides is 1. The second kappa shape index (κ2) is 7.81. The Hall–Kier alpha value is -2.30. The molecular formula is C18H25N3O2. The van der Waals surface area contributed by atoms with Crippen LogP contribution in [0.1, 0.15) is 29.4 Å². The first-order chi connectivity index (χ1) is 11.0. The second-order valence-electron chi connectivity index (χ2n) is 5.62. The highest BCUT2D eigenvalue weighted by Gasteiger charge is 2.08. The van der Waals surface area contributed by atoms with E-state index in [9.17, 15) is 4.79 Å². The SMILES string of the molecule is CCOc1ccc(CC(=O)NCCn2nc(C)c(C)c2C)cc1. The molecule has 124 valence electrons. The van der Waals surface area contributed by atoms with Crippen molar-refractivity contribution in [1.82, 2.24) is 15.1 Å². The number of hydrogen-bond donors (Lipinski definition) is 1. The molecule has 0 aliphatic rings. The lowest BCUT2D eigenvalue weighted by molar-refractivity contribution is -0.120. The van der Waals surface area contributed by atoms with Gasteiger partial charge in [0.1, 0.15) is 5.75 Å². The van der Waals surface area contributed by atoms with Gasteiger partial charge in [-0.25, -0.2) is 0 Å². The fraction of sp³-hybridized carbons (Fsp3) is 0.444. The Morgan fingerprint density at radius 2 is 1.91 bits per heavy atom. The van der Waals surface area contributed by atoms with E-state index in [4.69, 9.17) is 4.74 Å². The van der Waals surface area contributed by atoms with Gasteiger partial charge in [0.15, 0.2) is 0 Å². The van der Waals surface area contributed by atoms with E-state index in [-0.39, 0.29) is 5.91 Å². The predicted octanol–water partition coefficient (Wildman–Crippen LogP) is 2.57. The maximum Gasteiger partial charge on any atom is 0.224 e. The topological polar surface area (TPSA) is 56.1 Å². The highest BCUT2D eigenvalue weighted by Crippen LogP contribution is 2.12. The molecule has 0 bridgehead atoms. The number of nitrogens with zero attached hydrogens (tertiary/aromatic N) is 2. The molecule has 1 aromatic heterocycles. The first kappa shape index (κ1) is 17.1. The van der Waals surface area contributed by atoms with E-state index in [0.717, 1.165) is 22.7 Å². The maximum absolute atomic E-state index is 12.0. The number of rotatable bonds is 7. The third-order valence-electron chi connectivity index (χ3n) is 3.99. The van der Waals surface area contributed by atoms with Gasteiger partial charge in [0.25, 0.3) is 0 Å². The van der Waals surface area contributed by atoms with Gasteiger partial charge in [-0.3, -0.25) is 9.48 Å². The molecule has 1 N–H and O–H groups in total. The molecule has 1 heterocycles. The van der Waals surface area contributed by atoms with Crippen LogP contribution in [-0.4, -0.2) is 28.8 Å². The molecule has 23 heavy (non-hydrogen) atoms. The van der Waals surface area contributed by atoms with Gasteiger partial charge in [-0.2, -0.15) is 5.10 Å². The summed E-state index contributed by atoms with van der Waals surface area (Å²) in [5, 5.41) is 7.41. The van der Waals surface area contributed by atoms with Gasteiger partial charge >= 0.3 is 0 Å². The standard InChI is InChI=1S/C18H25N3O2/c1-5-23-17-8-6-16(7-9-17)12-18(22)19-10-11-21-15(4)13(2)14(3)20-21/h6-9H,5,10-12H2,1-4H3,(H,19,22). The summed E-state index contributed by atoms with van der Waals surface area (Å²) in [6.07, 6.45) is 0.378. The Morgan fingerprint density at radius 3 is 2.48 bits per heavy atom. The van der Waals surface area contributed by atoms with Crippen molar-refractivity contribution in [3.05, 3.63) is 46.8 Å². The molecule has 0 aliphatic heterocycles. The van der Waals surface area contributed by atoms with E-state index < -0.39 is 0 Å². The monoisotopic (exact) mass is 315 g/mol. The summed E-state index contributed by atoms with van der Waals surface area (Å²) in [6.45, 7) is 9.99. The Balaban J connectivity index is 1.79. The molecule has 2 rings (SSSR count). The van der Waals surface area contributed by atoms with Crippen LogP contribution < -0.4 is 10.1 Å². The molecule has 2 aromatic rings. The maximum atomic E-state index is 12.0. The molecule has 0 atom stereocenters. The van der Waals surface area contributed by atoms with E-state index in [1.807, 2.05) is 42.8 Å². The fourth-order valence-corrected chi connectivity index (χ4v) is 2.42. The van der Waals surface area contributed by atoms with Gasteiger partial charge in [-0.05, 0) is 51.0 Å². The zero-order chi connectivity index (χ0) is 16.8. The van der Waals surface area contributed by atoms with Gasteiger partial charge in [-0.1, -0.05) is 12.1 Å². The largest absolute Gasteiger partial charge is 0.494 e. The number of aryl methyl sites for hydroxylation is 1. The molecule has 1 amide bonds. The minimum atomic E-state index is 0.0208. The fourth-order valence-electron chi connectivity index (χ4n) is 2.42. The minimum absolute atomic E-state index is 0.0208. The van der Waals surface area contributed by atoms with E-state index in [1.165, 1.54) is 5.56 Å². The zero-order valence-electron chi connectivity index (χ0n) is 14.3. The van der Waals surface area contributed by atoms with E-state index in [0.29, 0.717) is 26.1 Å². The van der Waals surface area contributed by atoms with Crippen LogP contribution >= 0.6 is 0 Å². The first-order valence-electron chi connectivity index (χ1n) is 8.00. The summed E-state index contributed by atoms with van der Waals surface area (Å²) < 4.78 is 7.34. The van der Waals surface area contributed by atoms with Crippen molar-refractivity contribution >= 4 is 5.91 Å². The molecule has 0 saturated heterocycles. The van der Waals surface area contributed by atoms with Crippen molar-refractivity contribution in [1.29, 1.82) is 0 Å². The van der Waals surface area contributed by atoms with Gasteiger partial charge in [0.2, 0.25) is 5.91 Å². The van der Waals surface area contributed by atoms with E-state index >= 15 is 0 Å². The van der Waals surface area contributed by atoms with Crippen molar-refractivity contribution < 1.29 is 9.53 Å². The average molecular weight is 315 g/mol. The van der Waals surface area contributed by atoms with Crippen LogP contribution in [0.4, 0.5) is 0 Å². The average Bonchev–Trinajstić information content (AvgIpc) is 2.77. The molecular weight excluding hydrogens is 290 g/mol. The number of carbonyl (C=O) groups is 1. The smallest absolute Gasteiger partial charge is 0.224 e. The Morgan fingerprint density at radius 1 is 1.22 bits per heavy atom. The van der Waals surface area contributed by atoms with Gasteiger partial charge < -0.3 is 10.1 Å². The summed E-state index contributed by atoms with van der Waals surface area (Å²) in [7, 11) is 0. The Labute approximate surface area is 137 Å². The second-order valence-corrected chi connectivity index (χ2v) is 5.62. The lowest BCUT2D eigenvalue weighted by atomic mass is 10.1. The molecule has 0 fully saturated rings. The van der Waals surface area contributed by atoms with Crippen molar-refractivity contribution in [2.45, 2.75) is 40.7 Å². The van der Waals surface area contributed by atoms with Crippen LogP contribution in [0.25, 0.3) is 0 Å². The minimum Gasteiger partial charge on any atom is -0.494 e. The molecule has 0 aliphatic carbocycles. The van der Waals surface area contributed by atoms with Crippen LogP contribution in [0.5, 0.6) is 5.75 Å². The summed E-state index contributed by atoms with van der Waals surface area (Å²) >= 11 is 0. The Kier molecular flexibility index (Phi) is 5.79. The highest BCUT2D eigenvalue weighted by molar-refractivity contribution is 5.78. The summed E-state index contributed by atoms with van der Waals surface area (Å²) in [4.78, 5) is 12.0. The van der Waals surface area contributed by atoms with Crippen LogP contribution in [0.3, 0.4) is 0 Å². The molecule has 5 nitrogen and oxygen atoms in total. The van der Waals surface area contributed by atoms with Crippen molar-refractivity contribution in [2.24, 2.45) is 0 Å². The molecule has 0 radical (unpaired) electrons. The van der Waals surface area contributed by atoms with Gasteiger partial charge in [-0.15, -0.1) is 0 Å². The summed E-state index contributed by atoms with van der Waals surface area (Å²) in [6, 6.07) is 7.64. The third kappa shape index (κ3) is 4.58. The molecule has 0 saturated carbocycles. The molecule has 1 aromatic carbocycles. The normalized spacial score (nSPS) is 10.6. The van der Waals surface area contributed by atoms with Gasteiger partial charge in [0, 0.05) is 12.2 Å². The lowest BCUT2D eigenvalue weighted by Crippen LogP contribution is -2.29. The first-order valence-corrected chi connectivity index (χ1v) is 8.00. The van der Waals surface area contributed by atoms with Crippen LogP contribution in [0, 0.1) is 20.8 Å². The highest BCUT2D eigenvalue weighted by atomic mass is 16.5. The lowest BCUT2D eigenvalue weighted by Gasteiger charge is -2.08. The van der Waals surface area contributed by atoms with Gasteiger partial charge in [0.05, 0.1) is 25.3 Å². The number of hydrogen-bond acceptors (Lipinski definition) is 3. The number of benzene rings is 1. The number of aromatic nitrogens is 2. The molecule has 0 spiro atoms. The quantitative estimate of drug-likeness (QED) is 0.854. The summed E-state index contributed by atoms with van der Waals surface area (Å²) in [5.41, 5.74) is 4.39. The molecule has 5 heteroatoms. The van der Waals surface area contributed by atoms with E-state index in [2.05, 4.69) is 24.3 Å². The van der Waals surface area contributed by atoms with Crippen molar-refractivity contribution in [3.63, 3.8) is 0 Å². The third-order valence-corrected chi connectivity index (χ3v) is 3.99. The number of nitrogens with one attached hydrogen (secondary N) is 1. The van der Waals surface area contributed by atoms with Crippen molar-refractivity contribution in [3.8, 4) is 5.75 Å². The predicted molar refractivity (Wildman–Crippen MR) is 90.8 cm³/mol. The zero-order valence-corrected chi connectivity index (χ0v) is 14.3. The number of ether oxygens (including phenoxy) is 1. The van der Waals surface area contributed by atoms with Crippen LogP contribution in [0.15, 0.2) is 24.3 Å². The van der Waals surface area contributed by atoms with Crippen LogP contribution in [-0.2, 0) is 17.8 Å². The van der Waals surface area contributed by atoms with Crippen molar-refractivity contribution in [2.75, 3.05) is 13.2 Å². The number of carbonyl (C=O) groups excluding carboxylic acids is 1. The van der Waals surface area contributed by atoms with E-state index in [1.54, 1.807) is 0 Å². The van der Waals surface area contributed by atoms with Crippen LogP contribution in [0.2, 0.25) is 0 Å². The summed E-state index contributed by atoms with van der Waals surface area (Å²) in [5.74, 6) is 0.851. The Bertz CT molecular complexity index is 660. The molecule has 0 unspecified atom stereocenters.